The number of phenolic OH excluding ortho intramolecular Hbond substituents is 1. The van der Waals surface area contributed by atoms with Crippen LogP contribution in [0.5, 0.6) is 17.2 Å². The summed E-state index contributed by atoms with van der Waals surface area (Å²) in [5, 5.41) is 48.7. The Hall–Kier alpha value is -8.20. The molecule has 0 unspecified atom stereocenters. The number of rotatable bonds is 14. The van der Waals surface area contributed by atoms with Crippen molar-refractivity contribution < 1.29 is 48.7 Å². The molecule has 1 aliphatic heterocycles. The van der Waals surface area contributed by atoms with Crippen LogP contribution in [0, 0.1) is 13.8 Å². The van der Waals surface area contributed by atoms with Crippen molar-refractivity contribution in [3.05, 3.63) is 135 Å². The van der Waals surface area contributed by atoms with Gasteiger partial charge >= 0.3 is 17.9 Å². The van der Waals surface area contributed by atoms with Crippen LogP contribution in [0.4, 0.5) is 11.4 Å². The Bertz CT molecular complexity index is 3110. The van der Waals surface area contributed by atoms with Crippen LogP contribution in [0.15, 0.2) is 106 Å². The van der Waals surface area contributed by atoms with Gasteiger partial charge in [0.15, 0.2) is 18.6 Å². The van der Waals surface area contributed by atoms with E-state index >= 15 is 0 Å². The number of aryl methyl sites for hydroxylation is 2. The fourth-order valence-electron chi connectivity index (χ4n) is 7.32. The SMILES string of the molecule is Cc1ccc2cc(OCC(=O)O)cc(NCc3c4oc5c(CNc6cc(OCC(=O)O)cc7ccc(C)nc67)c(O)ccc5c(-c5ccccc5C(=O)O)c-4ccc3=O)c2n1. The lowest BCUT2D eigenvalue weighted by atomic mass is 9.88. The summed E-state index contributed by atoms with van der Waals surface area (Å²) in [6, 6.07) is 26.3. The van der Waals surface area contributed by atoms with E-state index in [9.17, 15) is 39.6 Å². The lowest BCUT2D eigenvalue weighted by Crippen LogP contribution is -2.16. The van der Waals surface area contributed by atoms with Gasteiger partial charge in [0, 0.05) is 63.9 Å². The summed E-state index contributed by atoms with van der Waals surface area (Å²) in [7, 11) is 0. The van der Waals surface area contributed by atoms with Crippen molar-refractivity contribution in [3.8, 4) is 39.7 Å². The molecule has 0 saturated carbocycles. The zero-order valence-electron chi connectivity index (χ0n) is 32.6. The minimum absolute atomic E-state index is 0.00731. The molecule has 0 amide bonds. The fraction of sp³-hybridized carbons (Fsp3) is 0.130. The van der Waals surface area contributed by atoms with Gasteiger partial charge in [0.1, 0.15) is 28.6 Å². The highest BCUT2D eigenvalue weighted by atomic mass is 16.5. The second-order valence-corrected chi connectivity index (χ2v) is 14.2. The number of aliphatic carboxylic acids is 2. The molecule has 0 atom stereocenters. The highest BCUT2D eigenvalue weighted by molar-refractivity contribution is 6.08. The number of phenols is 1. The van der Waals surface area contributed by atoms with E-state index in [4.69, 9.17) is 13.9 Å². The zero-order chi connectivity index (χ0) is 42.9. The first kappa shape index (κ1) is 39.6. The van der Waals surface area contributed by atoms with Crippen molar-refractivity contribution in [1.82, 2.24) is 9.97 Å². The second kappa shape index (κ2) is 16.2. The molecule has 0 spiro atoms. The molecular weight excluding hydrogens is 785 g/mol. The lowest BCUT2D eigenvalue weighted by Gasteiger charge is -2.21. The molecule has 6 N–H and O–H groups in total. The summed E-state index contributed by atoms with van der Waals surface area (Å²) >= 11 is 0. The number of nitrogens with one attached hydrogen (secondary N) is 2. The number of nitrogens with zero attached hydrogens (tertiary/aromatic N) is 2. The monoisotopic (exact) mass is 820 g/mol. The number of hydrogen-bond acceptors (Lipinski definition) is 12. The summed E-state index contributed by atoms with van der Waals surface area (Å²) in [6.07, 6.45) is 0. The summed E-state index contributed by atoms with van der Waals surface area (Å²) in [5.41, 5.74) is 4.82. The molecule has 2 aliphatic rings. The van der Waals surface area contributed by atoms with E-state index in [1.807, 2.05) is 32.0 Å². The molecule has 0 fully saturated rings. The Balaban J connectivity index is 1.30. The average molecular weight is 821 g/mol. The zero-order valence-corrected chi connectivity index (χ0v) is 32.6. The van der Waals surface area contributed by atoms with Crippen LogP contribution in [0.3, 0.4) is 0 Å². The minimum atomic E-state index is -1.18. The number of fused-ring (bicyclic) bond motifs is 4. The minimum Gasteiger partial charge on any atom is -0.507 e. The van der Waals surface area contributed by atoms with Crippen LogP contribution >= 0.6 is 0 Å². The van der Waals surface area contributed by atoms with Crippen molar-refractivity contribution >= 4 is 62.1 Å². The van der Waals surface area contributed by atoms with E-state index in [1.54, 1.807) is 60.7 Å². The van der Waals surface area contributed by atoms with Crippen LogP contribution in [-0.4, -0.2) is 61.5 Å². The van der Waals surface area contributed by atoms with Gasteiger partial charge in [0.25, 0.3) is 0 Å². The number of aromatic carboxylic acids is 1. The molecule has 306 valence electrons. The van der Waals surface area contributed by atoms with Gasteiger partial charge in [0.05, 0.1) is 39.1 Å². The van der Waals surface area contributed by atoms with Gasteiger partial charge in [-0.15, -0.1) is 0 Å². The van der Waals surface area contributed by atoms with Gasteiger partial charge in [-0.3, -0.25) is 14.8 Å². The van der Waals surface area contributed by atoms with Crippen LogP contribution in [0.25, 0.3) is 55.2 Å². The van der Waals surface area contributed by atoms with Gasteiger partial charge in [-0.1, -0.05) is 30.3 Å². The van der Waals surface area contributed by atoms with Crippen molar-refractivity contribution in [2.75, 3.05) is 23.8 Å². The first-order valence-corrected chi connectivity index (χ1v) is 18.9. The van der Waals surface area contributed by atoms with Gasteiger partial charge in [-0.05, 0) is 74.0 Å². The number of carboxylic acid groups (broad SMARTS) is 3. The molecule has 15 nitrogen and oxygen atoms in total. The highest BCUT2D eigenvalue weighted by Gasteiger charge is 2.27. The maximum atomic E-state index is 13.9. The van der Waals surface area contributed by atoms with Gasteiger partial charge in [-0.2, -0.15) is 0 Å². The largest absolute Gasteiger partial charge is 0.507 e. The van der Waals surface area contributed by atoms with E-state index in [0.29, 0.717) is 61.0 Å². The van der Waals surface area contributed by atoms with Crippen molar-refractivity contribution in [3.63, 3.8) is 0 Å². The number of hydrogen-bond donors (Lipinski definition) is 6. The molecule has 8 rings (SSSR count). The van der Waals surface area contributed by atoms with Crippen molar-refractivity contribution in [2.45, 2.75) is 26.9 Å². The number of anilines is 2. The standard InChI is InChI=1S/C46H36N4O11/c1-23-7-9-25-15-27(59-21-39(53)54)17-35(42(25)49-23)47-19-33-37(51)13-11-31-41(29-5-3-4-6-30(29)46(57)58)32-12-14-38(52)34(45(32)61-44(31)33)20-48-36-18-28(60-22-40(55)56)16-26-10-8-24(2)50-43(26)36/h3-18,47-48,51H,19-22H2,1-2H3,(H,53,54)(H,55,56)(H,57,58). The van der Waals surface area contributed by atoms with Crippen molar-refractivity contribution in [1.29, 1.82) is 0 Å². The molecular formula is C46H36N4O11. The summed E-state index contributed by atoms with van der Waals surface area (Å²) in [5.74, 6) is -3.01. The molecule has 0 saturated heterocycles. The number of aromatic nitrogens is 2. The van der Waals surface area contributed by atoms with Crippen LogP contribution in [0.2, 0.25) is 0 Å². The first-order valence-electron chi connectivity index (χ1n) is 18.9. The number of ether oxygens (including phenoxy) is 2. The summed E-state index contributed by atoms with van der Waals surface area (Å²) in [4.78, 5) is 58.6. The third-order valence-electron chi connectivity index (χ3n) is 10.1. The number of pyridine rings is 2. The molecule has 15 heteroatoms. The van der Waals surface area contributed by atoms with E-state index in [-0.39, 0.29) is 58.4 Å². The number of aromatic hydroxyl groups is 1. The normalized spacial score (nSPS) is 11.2. The maximum absolute atomic E-state index is 13.9. The predicted octanol–water partition coefficient (Wildman–Crippen LogP) is 7.83. The van der Waals surface area contributed by atoms with E-state index in [2.05, 4.69) is 20.6 Å². The van der Waals surface area contributed by atoms with Gasteiger partial charge in [-0.25, -0.2) is 14.4 Å². The number of carbonyl (C=O) groups is 3. The van der Waals surface area contributed by atoms with Crippen LogP contribution < -0.4 is 25.5 Å². The van der Waals surface area contributed by atoms with Crippen LogP contribution in [0.1, 0.15) is 32.9 Å². The van der Waals surface area contributed by atoms with E-state index in [0.717, 1.165) is 5.69 Å². The maximum Gasteiger partial charge on any atom is 0.341 e. The molecule has 2 aromatic heterocycles. The molecule has 3 heterocycles. The Labute approximate surface area is 345 Å². The molecule has 1 aliphatic carbocycles. The third-order valence-corrected chi connectivity index (χ3v) is 10.1. The summed E-state index contributed by atoms with van der Waals surface area (Å²) in [6.45, 7) is 2.31. The predicted molar refractivity (Wildman–Crippen MR) is 227 cm³/mol. The Morgan fingerprint density at radius 2 is 1.25 bits per heavy atom. The van der Waals surface area contributed by atoms with E-state index < -0.39 is 36.6 Å². The third kappa shape index (κ3) is 7.99. The topological polar surface area (TPSA) is 231 Å². The average Bonchev–Trinajstić information content (AvgIpc) is 3.23. The second-order valence-electron chi connectivity index (χ2n) is 14.2. The molecule has 6 aromatic rings. The Morgan fingerprint density at radius 1 is 0.672 bits per heavy atom. The lowest BCUT2D eigenvalue weighted by molar-refractivity contribution is -0.140. The molecule has 0 bridgehead atoms. The highest BCUT2D eigenvalue weighted by Crippen LogP contribution is 2.45. The smallest absolute Gasteiger partial charge is 0.341 e. The molecule has 4 aromatic carbocycles. The Morgan fingerprint density at radius 3 is 1.82 bits per heavy atom. The first-order chi connectivity index (χ1) is 29.3. The fourth-order valence-corrected chi connectivity index (χ4v) is 7.32. The van der Waals surface area contributed by atoms with Gasteiger partial charge < -0.3 is 45.0 Å². The molecule has 61 heavy (non-hydrogen) atoms. The van der Waals surface area contributed by atoms with E-state index in [1.165, 1.54) is 18.2 Å². The molecule has 0 radical (unpaired) electrons. The number of carboxylic acids is 3. The van der Waals surface area contributed by atoms with Gasteiger partial charge in [0.2, 0.25) is 0 Å². The Kier molecular flexibility index (Phi) is 10.5. The number of benzene rings is 5. The van der Waals surface area contributed by atoms with Crippen LogP contribution in [-0.2, 0) is 22.7 Å². The van der Waals surface area contributed by atoms with Crippen molar-refractivity contribution in [2.24, 2.45) is 0 Å². The summed E-state index contributed by atoms with van der Waals surface area (Å²) < 4.78 is 17.7. The quantitative estimate of drug-likeness (QED) is 0.0574.